The standard InChI is InChI=1S/C21H33N7O8/c1-10(2)5-14(20(34)28-15(21(35)36)6-11-8-24-9-25-11)27-19(33)13(3-4-16(23)29)26-18(32)12(22)7-17(30)31/h8-10,12-15H,3-7,22H2,1-2H3,(H2,23,29)(H,24,25)(H,26,32)(H,27,33)(H,28,34)(H,30,31)(H,35,36). The molecule has 0 saturated heterocycles. The number of nitrogens with two attached hydrogens (primary N) is 2. The summed E-state index contributed by atoms with van der Waals surface area (Å²) in [6.45, 7) is 3.56. The molecule has 0 aromatic carbocycles. The van der Waals surface area contributed by atoms with Gasteiger partial charge in [0.05, 0.1) is 18.8 Å². The molecule has 0 aliphatic heterocycles. The van der Waals surface area contributed by atoms with Crippen molar-refractivity contribution in [2.75, 3.05) is 0 Å². The van der Waals surface area contributed by atoms with Crippen LogP contribution in [0.4, 0.5) is 0 Å². The molecule has 0 radical (unpaired) electrons. The summed E-state index contributed by atoms with van der Waals surface area (Å²) in [5, 5.41) is 25.5. The van der Waals surface area contributed by atoms with Crippen LogP contribution < -0.4 is 27.4 Å². The number of nitrogens with zero attached hydrogens (tertiary/aromatic N) is 1. The Labute approximate surface area is 206 Å². The third-order valence-electron chi connectivity index (χ3n) is 4.98. The fourth-order valence-electron chi connectivity index (χ4n) is 3.18. The van der Waals surface area contributed by atoms with Gasteiger partial charge in [-0.2, -0.15) is 0 Å². The van der Waals surface area contributed by atoms with Crippen LogP contribution in [-0.2, 0) is 35.2 Å². The van der Waals surface area contributed by atoms with E-state index in [1.54, 1.807) is 13.8 Å². The molecule has 0 saturated carbocycles. The summed E-state index contributed by atoms with van der Waals surface area (Å²) in [7, 11) is 0. The van der Waals surface area contributed by atoms with Crippen molar-refractivity contribution in [3.8, 4) is 0 Å². The number of carbonyl (C=O) groups excluding carboxylic acids is 4. The number of imidazole rings is 1. The van der Waals surface area contributed by atoms with Crippen molar-refractivity contribution in [3.05, 3.63) is 18.2 Å². The van der Waals surface area contributed by atoms with E-state index in [9.17, 15) is 33.9 Å². The van der Waals surface area contributed by atoms with Gasteiger partial charge in [0.2, 0.25) is 23.6 Å². The lowest BCUT2D eigenvalue weighted by Gasteiger charge is -2.26. The van der Waals surface area contributed by atoms with E-state index in [1.807, 2.05) is 0 Å². The highest BCUT2D eigenvalue weighted by atomic mass is 16.4. The minimum atomic E-state index is -1.46. The van der Waals surface area contributed by atoms with E-state index in [0.717, 1.165) is 0 Å². The van der Waals surface area contributed by atoms with Crippen molar-refractivity contribution in [2.24, 2.45) is 17.4 Å². The number of hydrogen-bond acceptors (Lipinski definition) is 8. The molecular formula is C21H33N7O8. The normalized spacial score (nSPS) is 14.2. The minimum absolute atomic E-state index is 0.0812. The summed E-state index contributed by atoms with van der Waals surface area (Å²) in [4.78, 5) is 78.4. The minimum Gasteiger partial charge on any atom is -0.481 e. The Kier molecular flexibility index (Phi) is 12.0. The Balaban J connectivity index is 3.01. The van der Waals surface area contributed by atoms with E-state index in [4.69, 9.17) is 16.6 Å². The van der Waals surface area contributed by atoms with Crippen LogP contribution in [0.15, 0.2) is 12.5 Å². The summed E-state index contributed by atoms with van der Waals surface area (Å²) < 4.78 is 0. The molecule has 15 heteroatoms. The van der Waals surface area contributed by atoms with E-state index in [-0.39, 0.29) is 31.6 Å². The molecule has 4 amide bonds. The third-order valence-corrected chi connectivity index (χ3v) is 4.98. The summed E-state index contributed by atoms with van der Waals surface area (Å²) in [6.07, 6.45) is 1.60. The van der Waals surface area contributed by atoms with Crippen molar-refractivity contribution in [3.63, 3.8) is 0 Å². The number of aromatic amines is 1. The fourth-order valence-corrected chi connectivity index (χ4v) is 3.18. The van der Waals surface area contributed by atoms with Gasteiger partial charge in [0, 0.05) is 24.7 Å². The molecule has 0 bridgehead atoms. The van der Waals surface area contributed by atoms with Crippen LogP contribution in [0.25, 0.3) is 0 Å². The van der Waals surface area contributed by atoms with Gasteiger partial charge in [-0.05, 0) is 18.8 Å². The SMILES string of the molecule is CC(C)CC(NC(=O)C(CCC(N)=O)NC(=O)C(N)CC(=O)O)C(=O)NC(Cc1cnc[nH]1)C(=O)O. The zero-order valence-corrected chi connectivity index (χ0v) is 20.0. The molecule has 4 atom stereocenters. The maximum absolute atomic E-state index is 13.0. The lowest BCUT2D eigenvalue weighted by atomic mass is 10.0. The predicted octanol–water partition coefficient (Wildman–Crippen LogP) is -2.40. The molecule has 1 heterocycles. The quantitative estimate of drug-likeness (QED) is 0.117. The third kappa shape index (κ3) is 10.9. The number of carboxylic acids is 2. The number of rotatable bonds is 16. The Hall–Kier alpha value is -4.01. The molecule has 0 spiro atoms. The van der Waals surface area contributed by atoms with Gasteiger partial charge in [0.25, 0.3) is 0 Å². The van der Waals surface area contributed by atoms with E-state index in [2.05, 4.69) is 25.9 Å². The molecule has 200 valence electrons. The summed E-state index contributed by atoms with van der Waals surface area (Å²) in [5.74, 6) is -6.05. The van der Waals surface area contributed by atoms with Crippen LogP contribution in [0, 0.1) is 5.92 Å². The van der Waals surface area contributed by atoms with Crippen molar-refractivity contribution < 1.29 is 39.0 Å². The number of hydrogen-bond donors (Lipinski definition) is 8. The second kappa shape index (κ2) is 14.4. The number of carbonyl (C=O) groups is 6. The highest BCUT2D eigenvalue weighted by Gasteiger charge is 2.31. The van der Waals surface area contributed by atoms with Gasteiger partial charge < -0.3 is 42.6 Å². The first-order valence-corrected chi connectivity index (χ1v) is 11.2. The van der Waals surface area contributed by atoms with Crippen LogP contribution in [-0.4, -0.2) is 79.9 Å². The molecule has 1 rings (SSSR count). The summed E-state index contributed by atoms with van der Waals surface area (Å²) >= 11 is 0. The maximum atomic E-state index is 13.0. The van der Waals surface area contributed by atoms with Crippen molar-refractivity contribution >= 4 is 35.6 Å². The molecule has 36 heavy (non-hydrogen) atoms. The van der Waals surface area contributed by atoms with Gasteiger partial charge in [-0.3, -0.25) is 24.0 Å². The van der Waals surface area contributed by atoms with Gasteiger partial charge in [0.15, 0.2) is 0 Å². The summed E-state index contributed by atoms with van der Waals surface area (Å²) in [5.41, 5.74) is 11.1. The zero-order chi connectivity index (χ0) is 27.4. The van der Waals surface area contributed by atoms with Crippen LogP contribution in [0.3, 0.4) is 0 Å². The molecule has 0 fully saturated rings. The van der Waals surface area contributed by atoms with Crippen LogP contribution >= 0.6 is 0 Å². The molecule has 10 N–H and O–H groups in total. The van der Waals surface area contributed by atoms with Gasteiger partial charge in [-0.1, -0.05) is 13.8 Å². The molecular weight excluding hydrogens is 478 g/mol. The number of amides is 4. The smallest absolute Gasteiger partial charge is 0.326 e. The van der Waals surface area contributed by atoms with Gasteiger partial charge >= 0.3 is 11.9 Å². The average molecular weight is 512 g/mol. The molecule has 1 aromatic heterocycles. The number of primary amides is 1. The van der Waals surface area contributed by atoms with Crippen LogP contribution in [0.1, 0.15) is 45.2 Å². The first kappa shape index (κ1) is 30.0. The van der Waals surface area contributed by atoms with E-state index < -0.39 is 66.2 Å². The fraction of sp³-hybridized carbons (Fsp3) is 0.571. The first-order valence-electron chi connectivity index (χ1n) is 11.2. The highest BCUT2D eigenvalue weighted by Crippen LogP contribution is 2.09. The lowest BCUT2D eigenvalue weighted by molar-refractivity contribution is -0.142. The largest absolute Gasteiger partial charge is 0.481 e. The number of aromatic nitrogens is 2. The number of carboxylic acid groups (broad SMARTS) is 2. The highest BCUT2D eigenvalue weighted by molar-refractivity contribution is 5.95. The zero-order valence-electron chi connectivity index (χ0n) is 20.0. The molecule has 4 unspecified atom stereocenters. The Morgan fingerprint density at radius 3 is 2.06 bits per heavy atom. The molecule has 0 aliphatic rings. The molecule has 15 nitrogen and oxygen atoms in total. The Morgan fingerprint density at radius 2 is 1.56 bits per heavy atom. The second-order valence-electron chi connectivity index (χ2n) is 8.64. The van der Waals surface area contributed by atoms with Gasteiger partial charge in [-0.25, -0.2) is 9.78 Å². The van der Waals surface area contributed by atoms with Crippen molar-refractivity contribution in [2.45, 2.75) is 70.1 Å². The van der Waals surface area contributed by atoms with Gasteiger partial charge in [0.1, 0.15) is 18.1 Å². The first-order chi connectivity index (χ1) is 16.8. The van der Waals surface area contributed by atoms with E-state index in [0.29, 0.717) is 5.69 Å². The molecule has 0 aliphatic carbocycles. The monoisotopic (exact) mass is 511 g/mol. The average Bonchev–Trinajstić information content (AvgIpc) is 3.27. The van der Waals surface area contributed by atoms with Crippen molar-refractivity contribution in [1.29, 1.82) is 0 Å². The number of H-pyrrole nitrogens is 1. The van der Waals surface area contributed by atoms with Crippen molar-refractivity contribution in [1.82, 2.24) is 25.9 Å². The Bertz CT molecular complexity index is 935. The maximum Gasteiger partial charge on any atom is 0.326 e. The van der Waals surface area contributed by atoms with Gasteiger partial charge in [-0.15, -0.1) is 0 Å². The van der Waals surface area contributed by atoms with Crippen LogP contribution in [0.2, 0.25) is 0 Å². The lowest BCUT2D eigenvalue weighted by Crippen LogP contribution is -2.57. The summed E-state index contributed by atoms with van der Waals surface area (Å²) in [6, 6.07) is -5.31. The number of aliphatic carboxylic acids is 2. The Morgan fingerprint density at radius 1 is 0.972 bits per heavy atom. The van der Waals surface area contributed by atoms with E-state index in [1.165, 1.54) is 12.5 Å². The molecule has 1 aromatic rings. The topological polar surface area (TPSA) is 260 Å². The van der Waals surface area contributed by atoms with E-state index >= 15 is 0 Å². The second-order valence-corrected chi connectivity index (χ2v) is 8.64. The number of nitrogens with one attached hydrogen (secondary N) is 4. The predicted molar refractivity (Wildman–Crippen MR) is 124 cm³/mol. The van der Waals surface area contributed by atoms with Crippen LogP contribution in [0.5, 0.6) is 0 Å².